The molecule has 0 radical (unpaired) electrons. The summed E-state index contributed by atoms with van der Waals surface area (Å²) in [7, 11) is 3.09. The first-order valence-electron chi connectivity index (χ1n) is 8.50. The molecule has 2 aromatic rings. The third kappa shape index (κ3) is 4.40. The Hall–Kier alpha value is -1.97. The van der Waals surface area contributed by atoms with Gasteiger partial charge in [0.2, 0.25) is 5.13 Å². The smallest absolute Gasteiger partial charge is 0.309 e. The molecular formula is C17H23N4O3S2+. The molecule has 0 spiro atoms. The van der Waals surface area contributed by atoms with Gasteiger partial charge < -0.3 is 19.7 Å². The Bertz CT molecular complexity index is 812. The van der Waals surface area contributed by atoms with Gasteiger partial charge in [-0.25, -0.2) is 0 Å². The van der Waals surface area contributed by atoms with Crippen LogP contribution < -0.4 is 15.0 Å². The molecule has 1 aromatic heterocycles. The SMILES string of the molecule is COC(=O)C1CC[NH+](Cn2nc(Nc3ccccc3OC)sc2=S)CC1. The van der Waals surface area contributed by atoms with E-state index in [1.807, 2.05) is 28.9 Å². The number of hydrogen-bond acceptors (Lipinski definition) is 7. The molecule has 1 aliphatic rings. The van der Waals surface area contributed by atoms with Crippen molar-refractivity contribution in [3.63, 3.8) is 0 Å². The lowest BCUT2D eigenvalue weighted by Crippen LogP contribution is -3.12. The molecule has 7 nitrogen and oxygen atoms in total. The molecule has 1 aromatic carbocycles. The fraction of sp³-hybridized carbons (Fsp3) is 0.471. The van der Waals surface area contributed by atoms with Crippen LogP contribution in [0, 0.1) is 9.87 Å². The summed E-state index contributed by atoms with van der Waals surface area (Å²) in [5, 5.41) is 8.61. The Morgan fingerprint density at radius 1 is 1.38 bits per heavy atom. The molecule has 0 atom stereocenters. The average Bonchev–Trinajstić information content (AvgIpc) is 3.01. The number of carbonyl (C=O) groups excluding carboxylic acids is 1. The zero-order valence-corrected chi connectivity index (χ0v) is 16.5. The number of ether oxygens (including phenoxy) is 2. The standard InChI is InChI=1S/C17H22N4O3S2/c1-23-14-6-4-3-5-13(14)18-16-19-21(17(25)26-16)11-20-9-7-12(8-10-20)15(22)24-2/h3-6,12H,7-11H2,1-2H3,(H,18,19)/p+1. The highest BCUT2D eigenvalue weighted by Gasteiger charge is 2.28. The number of quaternary nitrogens is 1. The van der Waals surface area contributed by atoms with Crippen molar-refractivity contribution in [1.29, 1.82) is 0 Å². The predicted molar refractivity (Wildman–Crippen MR) is 103 cm³/mol. The van der Waals surface area contributed by atoms with E-state index in [0.29, 0.717) is 6.67 Å². The molecule has 1 fully saturated rings. The van der Waals surface area contributed by atoms with Crippen molar-refractivity contribution in [2.45, 2.75) is 19.5 Å². The second-order valence-corrected chi connectivity index (χ2v) is 7.83. The fourth-order valence-corrected chi connectivity index (χ4v) is 4.14. The molecular weight excluding hydrogens is 372 g/mol. The summed E-state index contributed by atoms with van der Waals surface area (Å²) in [4.78, 5) is 13.0. The normalized spacial score (nSPS) is 19.8. The van der Waals surface area contributed by atoms with Crippen LogP contribution in [0.25, 0.3) is 0 Å². The van der Waals surface area contributed by atoms with E-state index in [2.05, 4.69) is 10.4 Å². The van der Waals surface area contributed by atoms with Crippen molar-refractivity contribution in [2.75, 3.05) is 32.6 Å². The van der Waals surface area contributed by atoms with Gasteiger partial charge in [-0.3, -0.25) is 4.79 Å². The number of esters is 1. The number of anilines is 2. The Balaban J connectivity index is 1.62. The average molecular weight is 396 g/mol. The lowest BCUT2D eigenvalue weighted by Gasteiger charge is -2.27. The van der Waals surface area contributed by atoms with E-state index in [1.165, 1.54) is 23.3 Å². The maximum atomic E-state index is 11.6. The molecule has 26 heavy (non-hydrogen) atoms. The van der Waals surface area contributed by atoms with Gasteiger partial charge in [-0.1, -0.05) is 23.5 Å². The number of hydrogen-bond donors (Lipinski definition) is 2. The quantitative estimate of drug-likeness (QED) is 0.575. The summed E-state index contributed by atoms with van der Waals surface area (Å²) < 4.78 is 12.8. The maximum Gasteiger partial charge on any atom is 0.309 e. The number of rotatable bonds is 6. The summed E-state index contributed by atoms with van der Waals surface area (Å²) in [6, 6.07) is 7.70. The van der Waals surface area contributed by atoms with Crippen LogP contribution in [-0.2, 0) is 16.2 Å². The van der Waals surface area contributed by atoms with Crippen LogP contribution in [0.5, 0.6) is 5.75 Å². The van der Waals surface area contributed by atoms with E-state index in [4.69, 9.17) is 21.7 Å². The zero-order chi connectivity index (χ0) is 18.5. The Morgan fingerprint density at radius 2 is 2.12 bits per heavy atom. The lowest BCUT2D eigenvalue weighted by atomic mass is 9.97. The van der Waals surface area contributed by atoms with Gasteiger partial charge in [0.1, 0.15) is 5.75 Å². The van der Waals surface area contributed by atoms with Crippen molar-refractivity contribution >= 4 is 40.3 Å². The van der Waals surface area contributed by atoms with Crippen LogP contribution in [0.2, 0.25) is 0 Å². The van der Waals surface area contributed by atoms with Crippen molar-refractivity contribution in [3.05, 3.63) is 28.2 Å². The molecule has 0 unspecified atom stereocenters. The van der Waals surface area contributed by atoms with E-state index in [1.54, 1.807) is 7.11 Å². The van der Waals surface area contributed by atoms with Gasteiger partial charge in [0.05, 0.1) is 38.9 Å². The minimum Gasteiger partial charge on any atom is -0.495 e. The van der Waals surface area contributed by atoms with E-state index in [-0.39, 0.29) is 11.9 Å². The van der Waals surface area contributed by atoms with Crippen LogP contribution in [0.3, 0.4) is 0 Å². The van der Waals surface area contributed by atoms with Gasteiger partial charge in [-0.15, -0.1) is 5.10 Å². The fourth-order valence-electron chi connectivity index (χ4n) is 3.12. The van der Waals surface area contributed by atoms with Crippen molar-refractivity contribution in [2.24, 2.45) is 5.92 Å². The maximum absolute atomic E-state index is 11.6. The number of para-hydroxylation sites is 2. The number of aromatic nitrogens is 2. The van der Waals surface area contributed by atoms with Crippen LogP contribution >= 0.6 is 23.6 Å². The molecule has 2 heterocycles. The highest BCUT2D eigenvalue weighted by Crippen LogP contribution is 2.28. The first-order chi connectivity index (χ1) is 12.6. The minimum atomic E-state index is -0.0994. The summed E-state index contributed by atoms with van der Waals surface area (Å²) >= 11 is 6.90. The number of nitrogens with one attached hydrogen (secondary N) is 2. The third-order valence-corrected chi connectivity index (χ3v) is 5.78. The topological polar surface area (TPSA) is 69.8 Å². The Labute approximate surface area is 161 Å². The van der Waals surface area contributed by atoms with E-state index < -0.39 is 0 Å². The van der Waals surface area contributed by atoms with Crippen LogP contribution in [0.4, 0.5) is 10.8 Å². The van der Waals surface area contributed by atoms with E-state index in [9.17, 15) is 4.79 Å². The molecule has 1 aliphatic heterocycles. The predicted octanol–water partition coefficient (Wildman–Crippen LogP) is 1.85. The third-order valence-electron chi connectivity index (χ3n) is 4.56. The number of benzene rings is 1. The molecule has 3 rings (SSSR count). The van der Waals surface area contributed by atoms with Gasteiger partial charge >= 0.3 is 5.97 Å². The molecule has 0 saturated carbocycles. The molecule has 0 aliphatic carbocycles. The molecule has 140 valence electrons. The zero-order valence-electron chi connectivity index (χ0n) is 14.9. The number of methoxy groups -OCH3 is 2. The van der Waals surface area contributed by atoms with E-state index in [0.717, 1.165) is 46.5 Å². The van der Waals surface area contributed by atoms with Gasteiger partial charge in [-0.2, -0.15) is 4.68 Å². The molecule has 0 amide bonds. The second kappa shape index (κ2) is 8.61. The minimum absolute atomic E-state index is 0.0231. The van der Waals surface area contributed by atoms with Gasteiger partial charge in [-0.05, 0) is 24.4 Å². The number of nitrogens with zero attached hydrogens (tertiary/aromatic N) is 2. The molecule has 0 bridgehead atoms. The van der Waals surface area contributed by atoms with Crippen LogP contribution in [0.15, 0.2) is 24.3 Å². The highest BCUT2D eigenvalue weighted by molar-refractivity contribution is 7.73. The van der Waals surface area contributed by atoms with Crippen LogP contribution in [-0.4, -0.2) is 43.1 Å². The van der Waals surface area contributed by atoms with Crippen LogP contribution in [0.1, 0.15) is 12.8 Å². The first-order valence-corrected chi connectivity index (χ1v) is 9.72. The van der Waals surface area contributed by atoms with Gasteiger partial charge in [0.15, 0.2) is 10.6 Å². The number of piperidine rings is 1. The highest BCUT2D eigenvalue weighted by atomic mass is 32.1. The van der Waals surface area contributed by atoms with Gasteiger partial charge in [0, 0.05) is 12.8 Å². The molecule has 1 saturated heterocycles. The molecule has 9 heteroatoms. The number of carbonyl (C=O) groups is 1. The Morgan fingerprint density at radius 3 is 2.81 bits per heavy atom. The summed E-state index contributed by atoms with van der Waals surface area (Å²) in [6.07, 6.45) is 1.68. The summed E-state index contributed by atoms with van der Waals surface area (Å²) in [5.41, 5.74) is 0.858. The second-order valence-electron chi connectivity index (χ2n) is 6.20. The summed E-state index contributed by atoms with van der Waals surface area (Å²) in [5.74, 6) is 0.684. The summed E-state index contributed by atoms with van der Waals surface area (Å²) in [6.45, 7) is 2.53. The first kappa shape index (κ1) is 18.8. The van der Waals surface area contributed by atoms with Crippen molar-refractivity contribution < 1.29 is 19.2 Å². The van der Waals surface area contributed by atoms with E-state index >= 15 is 0 Å². The van der Waals surface area contributed by atoms with Crippen molar-refractivity contribution in [1.82, 2.24) is 9.78 Å². The molecule has 2 N–H and O–H groups in total. The largest absolute Gasteiger partial charge is 0.495 e. The van der Waals surface area contributed by atoms with Gasteiger partial charge in [0.25, 0.3) is 0 Å². The monoisotopic (exact) mass is 395 g/mol. The lowest BCUT2D eigenvalue weighted by molar-refractivity contribution is -0.928. The number of likely N-dealkylation sites (tertiary alicyclic amines) is 1. The van der Waals surface area contributed by atoms with Crippen molar-refractivity contribution in [3.8, 4) is 5.75 Å². The Kier molecular flexibility index (Phi) is 6.23.